The minimum atomic E-state index is -3.37. The van der Waals surface area contributed by atoms with Crippen LogP contribution in [0.3, 0.4) is 0 Å². The van der Waals surface area contributed by atoms with Crippen LogP contribution in [0.5, 0.6) is 0 Å². The first-order valence-electron chi connectivity index (χ1n) is 6.84. The quantitative estimate of drug-likeness (QED) is 0.779. The second-order valence-corrected chi connectivity index (χ2v) is 7.84. The first kappa shape index (κ1) is 14.7. The Labute approximate surface area is 114 Å². The summed E-state index contributed by atoms with van der Waals surface area (Å²) in [5.74, 6) is -0.762. The number of carbonyl (C=O) groups is 1. The van der Waals surface area contributed by atoms with Crippen LogP contribution in [0, 0.1) is 5.92 Å². The summed E-state index contributed by atoms with van der Waals surface area (Å²) in [6.07, 6.45) is 5.48. The topological polar surface area (TPSA) is 101 Å². The van der Waals surface area contributed by atoms with E-state index in [1.807, 2.05) is 0 Å². The maximum atomic E-state index is 12.3. The fourth-order valence-corrected chi connectivity index (χ4v) is 4.90. The smallest absolute Gasteiger partial charge is 0.325 e. The summed E-state index contributed by atoms with van der Waals surface area (Å²) in [6, 6.07) is 0. The zero-order chi connectivity index (χ0) is 14.1. The van der Waals surface area contributed by atoms with E-state index < -0.39 is 21.5 Å². The molecule has 1 saturated heterocycles. The third-order valence-electron chi connectivity index (χ3n) is 4.26. The SMILES string of the molecule is NC1(C(=O)O)CCN(S(=O)(=O)CC2CCCCC2)C1. The summed E-state index contributed by atoms with van der Waals surface area (Å²) in [6.45, 7) is 0.120. The summed E-state index contributed by atoms with van der Waals surface area (Å²) in [5, 5.41) is 9.03. The Morgan fingerprint density at radius 3 is 2.47 bits per heavy atom. The number of carboxylic acids is 1. The van der Waals surface area contributed by atoms with Crippen LogP contribution in [-0.4, -0.2) is 48.2 Å². The van der Waals surface area contributed by atoms with Crippen molar-refractivity contribution in [2.24, 2.45) is 11.7 Å². The lowest BCUT2D eigenvalue weighted by Gasteiger charge is -2.25. The molecule has 0 aromatic rings. The number of nitrogens with two attached hydrogens (primary N) is 1. The lowest BCUT2D eigenvalue weighted by Crippen LogP contribution is -2.51. The zero-order valence-electron chi connectivity index (χ0n) is 11.0. The van der Waals surface area contributed by atoms with E-state index in [1.165, 1.54) is 10.7 Å². The van der Waals surface area contributed by atoms with Crippen LogP contribution in [0.4, 0.5) is 0 Å². The lowest BCUT2D eigenvalue weighted by atomic mass is 9.91. The van der Waals surface area contributed by atoms with E-state index in [9.17, 15) is 13.2 Å². The van der Waals surface area contributed by atoms with Crippen LogP contribution in [0.15, 0.2) is 0 Å². The van der Waals surface area contributed by atoms with Gasteiger partial charge in [0.25, 0.3) is 0 Å². The molecule has 0 aromatic heterocycles. The summed E-state index contributed by atoms with van der Waals surface area (Å²) in [4.78, 5) is 11.0. The average molecular weight is 290 g/mol. The molecule has 1 aliphatic heterocycles. The van der Waals surface area contributed by atoms with Crippen molar-refractivity contribution in [2.75, 3.05) is 18.8 Å². The Bertz CT molecular complexity index is 445. The number of sulfonamides is 1. The molecule has 1 unspecified atom stereocenters. The molecule has 19 heavy (non-hydrogen) atoms. The highest BCUT2D eigenvalue weighted by Crippen LogP contribution is 2.28. The highest BCUT2D eigenvalue weighted by Gasteiger charge is 2.45. The van der Waals surface area contributed by atoms with E-state index in [4.69, 9.17) is 10.8 Å². The van der Waals surface area contributed by atoms with Crippen LogP contribution in [0.1, 0.15) is 38.5 Å². The van der Waals surface area contributed by atoms with Crippen LogP contribution in [-0.2, 0) is 14.8 Å². The molecule has 1 aliphatic carbocycles. The van der Waals surface area contributed by atoms with Crippen molar-refractivity contribution >= 4 is 16.0 Å². The average Bonchev–Trinajstić information content (AvgIpc) is 2.75. The van der Waals surface area contributed by atoms with Gasteiger partial charge in [-0.05, 0) is 25.2 Å². The summed E-state index contributed by atoms with van der Waals surface area (Å²) in [7, 11) is -3.37. The van der Waals surface area contributed by atoms with E-state index >= 15 is 0 Å². The predicted octanol–water partition coefficient (Wildman–Crippen LogP) is 0.384. The Morgan fingerprint density at radius 1 is 1.32 bits per heavy atom. The molecule has 2 rings (SSSR count). The van der Waals surface area contributed by atoms with Gasteiger partial charge in [-0.2, -0.15) is 4.31 Å². The van der Waals surface area contributed by atoms with Crippen LogP contribution in [0.25, 0.3) is 0 Å². The second-order valence-electron chi connectivity index (χ2n) is 5.83. The predicted molar refractivity (Wildman–Crippen MR) is 71.1 cm³/mol. The maximum Gasteiger partial charge on any atom is 0.325 e. The first-order chi connectivity index (χ1) is 8.83. The summed E-state index contributed by atoms with van der Waals surface area (Å²) < 4.78 is 25.8. The van der Waals surface area contributed by atoms with Crippen molar-refractivity contribution in [3.8, 4) is 0 Å². The Balaban J connectivity index is 1.99. The Morgan fingerprint density at radius 2 is 1.95 bits per heavy atom. The van der Waals surface area contributed by atoms with E-state index in [0.717, 1.165) is 25.7 Å². The van der Waals surface area contributed by atoms with Gasteiger partial charge < -0.3 is 10.8 Å². The molecule has 2 fully saturated rings. The fraction of sp³-hybridized carbons (Fsp3) is 0.917. The molecule has 110 valence electrons. The summed E-state index contributed by atoms with van der Waals surface area (Å²) >= 11 is 0. The molecule has 3 N–H and O–H groups in total. The normalized spacial score (nSPS) is 30.6. The number of aliphatic carboxylic acids is 1. The monoisotopic (exact) mass is 290 g/mol. The summed E-state index contributed by atoms with van der Waals surface area (Å²) in [5.41, 5.74) is 4.30. The van der Waals surface area contributed by atoms with E-state index in [0.29, 0.717) is 0 Å². The molecule has 2 aliphatic rings. The van der Waals surface area contributed by atoms with Gasteiger partial charge in [0.05, 0.1) is 5.75 Å². The van der Waals surface area contributed by atoms with Crippen molar-refractivity contribution in [1.29, 1.82) is 0 Å². The molecule has 1 atom stereocenters. The zero-order valence-corrected chi connectivity index (χ0v) is 11.9. The number of carboxylic acid groups (broad SMARTS) is 1. The van der Waals surface area contributed by atoms with Gasteiger partial charge in [-0.15, -0.1) is 0 Å². The molecule has 1 heterocycles. The highest BCUT2D eigenvalue weighted by molar-refractivity contribution is 7.89. The first-order valence-corrected chi connectivity index (χ1v) is 8.44. The molecule has 1 saturated carbocycles. The number of hydrogen-bond donors (Lipinski definition) is 2. The Kier molecular flexibility index (Phi) is 4.17. The van der Waals surface area contributed by atoms with E-state index in [-0.39, 0.29) is 31.2 Å². The Hall–Kier alpha value is -0.660. The van der Waals surface area contributed by atoms with Gasteiger partial charge in [-0.1, -0.05) is 19.3 Å². The largest absolute Gasteiger partial charge is 0.480 e. The molecular weight excluding hydrogens is 268 g/mol. The third kappa shape index (κ3) is 3.27. The number of nitrogens with zero attached hydrogens (tertiary/aromatic N) is 1. The number of hydrogen-bond acceptors (Lipinski definition) is 4. The van der Waals surface area contributed by atoms with Gasteiger partial charge in [-0.3, -0.25) is 4.79 Å². The van der Waals surface area contributed by atoms with Gasteiger partial charge >= 0.3 is 5.97 Å². The van der Waals surface area contributed by atoms with Gasteiger partial charge in [-0.25, -0.2) is 8.42 Å². The number of rotatable bonds is 4. The van der Waals surface area contributed by atoms with E-state index in [1.54, 1.807) is 0 Å². The molecule has 7 heteroatoms. The van der Waals surface area contributed by atoms with E-state index in [2.05, 4.69) is 0 Å². The van der Waals surface area contributed by atoms with Gasteiger partial charge in [0.2, 0.25) is 10.0 Å². The van der Waals surface area contributed by atoms with Crippen molar-refractivity contribution < 1.29 is 18.3 Å². The second kappa shape index (κ2) is 5.38. The minimum Gasteiger partial charge on any atom is -0.480 e. The van der Waals surface area contributed by atoms with Gasteiger partial charge in [0.1, 0.15) is 5.54 Å². The molecule has 0 radical (unpaired) electrons. The molecular formula is C12H22N2O4S. The van der Waals surface area contributed by atoms with Crippen molar-refractivity contribution in [3.63, 3.8) is 0 Å². The van der Waals surface area contributed by atoms with Crippen molar-refractivity contribution in [2.45, 2.75) is 44.1 Å². The molecule has 0 aromatic carbocycles. The van der Waals surface area contributed by atoms with Crippen LogP contribution < -0.4 is 5.73 Å². The third-order valence-corrected chi connectivity index (χ3v) is 6.25. The molecule has 0 bridgehead atoms. The van der Waals surface area contributed by atoms with Gasteiger partial charge in [0.15, 0.2) is 0 Å². The lowest BCUT2D eigenvalue weighted by molar-refractivity contribution is -0.142. The molecule has 0 amide bonds. The maximum absolute atomic E-state index is 12.3. The molecule has 6 nitrogen and oxygen atoms in total. The minimum absolute atomic E-state index is 0.0998. The van der Waals surface area contributed by atoms with Gasteiger partial charge in [0, 0.05) is 13.1 Å². The fourth-order valence-electron chi connectivity index (χ4n) is 2.97. The van der Waals surface area contributed by atoms with Crippen LogP contribution >= 0.6 is 0 Å². The van der Waals surface area contributed by atoms with Crippen molar-refractivity contribution in [3.05, 3.63) is 0 Å². The standard InChI is InChI=1S/C12H22N2O4S/c13-12(11(15)16)6-7-14(9-12)19(17,18)8-10-4-2-1-3-5-10/h10H,1-9,13H2,(H,15,16). The highest BCUT2D eigenvalue weighted by atomic mass is 32.2. The van der Waals surface area contributed by atoms with Crippen molar-refractivity contribution in [1.82, 2.24) is 4.31 Å². The van der Waals surface area contributed by atoms with Crippen LogP contribution in [0.2, 0.25) is 0 Å². The molecule has 0 spiro atoms.